The number of fused-ring (bicyclic) bond motifs is 3. The van der Waals surface area contributed by atoms with Gasteiger partial charge in [0.15, 0.2) is 0 Å². The van der Waals surface area contributed by atoms with Gasteiger partial charge in [-0.3, -0.25) is 9.59 Å². The fourth-order valence-electron chi connectivity index (χ4n) is 3.99. The molecule has 1 aliphatic rings. The summed E-state index contributed by atoms with van der Waals surface area (Å²) in [5.74, 6) is -0.402. The second-order valence-electron chi connectivity index (χ2n) is 7.40. The van der Waals surface area contributed by atoms with Gasteiger partial charge in [0.1, 0.15) is 17.4 Å². The van der Waals surface area contributed by atoms with E-state index < -0.39 is 0 Å². The molecule has 2 aromatic carbocycles. The van der Waals surface area contributed by atoms with E-state index in [0.717, 1.165) is 40.5 Å². The molecule has 0 spiro atoms. The maximum Gasteiger partial charge on any atom is 0.257 e. The summed E-state index contributed by atoms with van der Waals surface area (Å²) in [6.45, 7) is 1.06. The van der Waals surface area contributed by atoms with Crippen molar-refractivity contribution in [2.45, 2.75) is 12.8 Å². The number of amides is 2. The summed E-state index contributed by atoms with van der Waals surface area (Å²) in [5.41, 5.74) is 2.86. The molecule has 1 fully saturated rings. The van der Waals surface area contributed by atoms with E-state index in [1.54, 1.807) is 11.0 Å². The average molecular weight is 388 g/mol. The molecule has 1 saturated heterocycles. The highest BCUT2D eigenvalue weighted by atomic mass is 16.3. The van der Waals surface area contributed by atoms with Gasteiger partial charge in [-0.2, -0.15) is 0 Å². The van der Waals surface area contributed by atoms with Gasteiger partial charge < -0.3 is 19.1 Å². The SMILES string of the molecule is O=C(Nc1ccc2oc3ccccc3c2c1)C1CCCN(C(=O)c2ccoc2)C1. The highest BCUT2D eigenvalue weighted by molar-refractivity contribution is 6.07. The van der Waals surface area contributed by atoms with Crippen molar-refractivity contribution in [2.75, 3.05) is 18.4 Å². The molecular formula is C23H20N2O4. The number of carbonyl (C=O) groups is 2. The first-order valence-corrected chi connectivity index (χ1v) is 9.73. The van der Waals surface area contributed by atoms with Crippen LogP contribution in [0.15, 0.2) is 69.9 Å². The van der Waals surface area contributed by atoms with E-state index in [1.807, 2.05) is 42.5 Å². The highest BCUT2D eigenvalue weighted by Gasteiger charge is 2.29. The van der Waals surface area contributed by atoms with Crippen molar-refractivity contribution in [2.24, 2.45) is 5.92 Å². The molecule has 1 aliphatic heterocycles. The average Bonchev–Trinajstić information content (AvgIpc) is 3.41. The molecule has 1 atom stereocenters. The quantitative estimate of drug-likeness (QED) is 0.553. The van der Waals surface area contributed by atoms with Crippen LogP contribution < -0.4 is 5.32 Å². The number of hydrogen-bond donors (Lipinski definition) is 1. The van der Waals surface area contributed by atoms with E-state index in [1.165, 1.54) is 12.5 Å². The molecule has 1 N–H and O–H groups in total. The van der Waals surface area contributed by atoms with Crippen LogP contribution in [-0.2, 0) is 4.79 Å². The Kier molecular flexibility index (Phi) is 4.31. The van der Waals surface area contributed by atoms with Crippen LogP contribution >= 0.6 is 0 Å². The third-order valence-electron chi connectivity index (χ3n) is 5.49. The Morgan fingerprint density at radius 1 is 1.03 bits per heavy atom. The summed E-state index contributed by atoms with van der Waals surface area (Å²) in [6.07, 6.45) is 4.48. The van der Waals surface area contributed by atoms with Crippen LogP contribution in [0.2, 0.25) is 0 Å². The molecular weight excluding hydrogens is 368 g/mol. The number of nitrogens with zero attached hydrogens (tertiary/aromatic N) is 1. The van der Waals surface area contributed by atoms with Crippen LogP contribution in [-0.4, -0.2) is 29.8 Å². The maximum absolute atomic E-state index is 12.9. The fraction of sp³-hybridized carbons (Fsp3) is 0.217. The molecule has 0 bridgehead atoms. The van der Waals surface area contributed by atoms with Gasteiger partial charge in [0.05, 0.1) is 17.7 Å². The van der Waals surface area contributed by atoms with Gasteiger partial charge >= 0.3 is 0 Å². The number of hydrogen-bond acceptors (Lipinski definition) is 4. The minimum Gasteiger partial charge on any atom is -0.472 e. The zero-order valence-corrected chi connectivity index (χ0v) is 15.8. The van der Waals surface area contributed by atoms with Crippen LogP contribution in [0, 0.1) is 5.92 Å². The molecule has 0 aliphatic carbocycles. The van der Waals surface area contributed by atoms with Crippen LogP contribution in [0.1, 0.15) is 23.2 Å². The van der Waals surface area contributed by atoms with E-state index >= 15 is 0 Å². The summed E-state index contributed by atoms with van der Waals surface area (Å²) in [7, 11) is 0. The van der Waals surface area contributed by atoms with Crippen molar-refractivity contribution < 1.29 is 18.4 Å². The minimum absolute atomic E-state index is 0.0677. The molecule has 1 unspecified atom stereocenters. The van der Waals surface area contributed by atoms with Gasteiger partial charge in [0, 0.05) is 29.5 Å². The van der Waals surface area contributed by atoms with Crippen molar-refractivity contribution in [3.63, 3.8) is 0 Å². The van der Waals surface area contributed by atoms with Crippen molar-refractivity contribution in [1.82, 2.24) is 4.90 Å². The minimum atomic E-state index is -0.239. The molecule has 0 saturated carbocycles. The largest absolute Gasteiger partial charge is 0.472 e. The predicted molar refractivity (Wildman–Crippen MR) is 110 cm³/mol. The Hall–Kier alpha value is -3.54. The number of carbonyl (C=O) groups excluding carboxylic acids is 2. The Morgan fingerprint density at radius 3 is 2.76 bits per heavy atom. The number of likely N-dealkylation sites (tertiary alicyclic amines) is 1. The van der Waals surface area contributed by atoms with Crippen molar-refractivity contribution in [3.8, 4) is 0 Å². The van der Waals surface area contributed by atoms with Gasteiger partial charge in [-0.05, 0) is 43.2 Å². The summed E-state index contributed by atoms with van der Waals surface area (Å²) in [6, 6.07) is 15.2. The first-order chi connectivity index (χ1) is 14.2. The number of anilines is 1. The highest BCUT2D eigenvalue weighted by Crippen LogP contribution is 2.31. The van der Waals surface area contributed by atoms with Crippen LogP contribution in [0.4, 0.5) is 5.69 Å². The van der Waals surface area contributed by atoms with E-state index in [-0.39, 0.29) is 17.7 Å². The summed E-state index contributed by atoms with van der Waals surface area (Å²) < 4.78 is 10.8. The lowest BCUT2D eigenvalue weighted by Gasteiger charge is -2.31. The lowest BCUT2D eigenvalue weighted by molar-refractivity contribution is -0.121. The molecule has 6 heteroatoms. The van der Waals surface area contributed by atoms with Crippen molar-refractivity contribution in [1.29, 1.82) is 0 Å². The number of para-hydroxylation sites is 1. The smallest absolute Gasteiger partial charge is 0.257 e. The molecule has 3 heterocycles. The van der Waals surface area contributed by atoms with Gasteiger partial charge in [-0.15, -0.1) is 0 Å². The summed E-state index contributed by atoms with van der Waals surface area (Å²) in [5, 5.41) is 5.01. The first kappa shape index (κ1) is 17.6. The number of furan rings is 2. The number of benzene rings is 2. The third-order valence-corrected chi connectivity index (χ3v) is 5.49. The molecule has 0 radical (unpaired) electrons. The first-order valence-electron chi connectivity index (χ1n) is 9.73. The predicted octanol–water partition coefficient (Wildman–Crippen LogP) is 4.67. The Labute approximate surface area is 167 Å². The third kappa shape index (κ3) is 3.27. The Morgan fingerprint density at radius 2 is 1.90 bits per heavy atom. The van der Waals surface area contributed by atoms with E-state index in [0.29, 0.717) is 18.7 Å². The number of nitrogens with one attached hydrogen (secondary N) is 1. The van der Waals surface area contributed by atoms with Crippen molar-refractivity contribution in [3.05, 3.63) is 66.6 Å². The van der Waals surface area contributed by atoms with E-state index in [2.05, 4.69) is 5.32 Å². The van der Waals surface area contributed by atoms with E-state index in [4.69, 9.17) is 8.83 Å². The Bertz CT molecular complexity index is 1190. The normalized spacial score (nSPS) is 17.0. The second-order valence-corrected chi connectivity index (χ2v) is 7.40. The van der Waals surface area contributed by atoms with Crippen LogP contribution in [0.5, 0.6) is 0 Å². The summed E-state index contributed by atoms with van der Waals surface area (Å²) >= 11 is 0. The molecule has 4 aromatic rings. The maximum atomic E-state index is 12.9. The van der Waals surface area contributed by atoms with Gasteiger partial charge in [-0.1, -0.05) is 18.2 Å². The number of piperidine rings is 1. The van der Waals surface area contributed by atoms with Gasteiger partial charge in [0.2, 0.25) is 5.91 Å². The van der Waals surface area contributed by atoms with Crippen LogP contribution in [0.25, 0.3) is 21.9 Å². The Balaban J connectivity index is 1.33. The zero-order valence-electron chi connectivity index (χ0n) is 15.8. The molecule has 6 nitrogen and oxygen atoms in total. The molecule has 5 rings (SSSR count). The molecule has 2 amide bonds. The van der Waals surface area contributed by atoms with Gasteiger partial charge in [-0.25, -0.2) is 0 Å². The zero-order chi connectivity index (χ0) is 19.8. The van der Waals surface area contributed by atoms with Crippen molar-refractivity contribution >= 4 is 39.4 Å². The monoisotopic (exact) mass is 388 g/mol. The summed E-state index contributed by atoms with van der Waals surface area (Å²) in [4.78, 5) is 27.1. The molecule has 29 heavy (non-hydrogen) atoms. The lowest BCUT2D eigenvalue weighted by atomic mass is 9.96. The molecule has 2 aromatic heterocycles. The lowest BCUT2D eigenvalue weighted by Crippen LogP contribution is -2.43. The topological polar surface area (TPSA) is 75.7 Å². The molecule has 146 valence electrons. The fourth-order valence-corrected chi connectivity index (χ4v) is 3.99. The number of rotatable bonds is 3. The van der Waals surface area contributed by atoms with Crippen LogP contribution in [0.3, 0.4) is 0 Å². The second kappa shape index (κ2) is 7.13. The standard InChI is InChI=1S/C23H20N2O4/c26-22(15-4-3-10-25(13-15)23(27)16-9-11-28-14-16)24-17-7-8-21-19(12-17)18-5-1-2-6-20(18)29-21/h1-2,5-9,11-12,14-15H,3-4,10,13H2,(H,24,26). The van der Waals surface area contributed by atoms with E-state index in [9.17, 15) is 9.59 Å². The van der Waals surface area contributed by atoms with Gasteiger partial charge in [0.25, 0.3) is 5.91 Å².